The van der Waals surface area contributed by atoms with Crippen LogP contribution in [0.5, 0.6) is 0 Å². The van der Waals surface area contributed by atoms with E-state index in [1.807, 2.05) is 37.7 Å². The van der Waals surface area contributed by atoms with E-state index >= 15 is 0 Å². The molecule has 2 heterocycles. The van der Waals surface area contributed by atoms with Crippen LogP contribution in [-0.2, 0) is 10.3 Å². The Morgan fingerprint density at radius 2 is 2.00 bits per heavy atom. The van der Waals surface area contributed by atoms with Crippen LogP contribution in [0.4, 0.5) is 5.82 Å². The van der Waals surface area contributed by atoms with E-state index in [0.717, 1.165) is 16.9 Å². The summed E-state index contributed by atoms with van der Waals surface area (Å²) in [6, 6.07) is 5.38. The van der Waals surface area contributed by atoms with E-state index < -0.39 is 0 Å². The molecule has 22 heavy (non-hydrogen) atoms. The average Bonchev–Trinajstić information content (AvgIpc) is 2.81. The van der Waals surface area contributed by atoms with Crippen LogP contribution in [0.1, 0.15) is 44.2 Å². The molecule has 1 N–H and O–H groups in total. The predicted octanol–water partition coefficient (Wildman–Crippen LogP) is 4.42. The summed E-state index contributed by atoms with van der Waals surface area (Å²) in [5.74, 6) is 0.610. The molecular formula is C16H17Cl2N3O. The number of nitrogens with zero attached hydrogens (tertiary/aromatic N) is 2. The van der Waals surface area contributed by atoms with Gasteiger partial charge in [0.1, 0.15) is 5.82 Å². The quantitative estimate of drug-likeness (QED) is 0.837. The fourth-order valence-corrected chi connectivity index (χ4v) is 3.33. The summed E-state index contributed by atoms with van der Waals surface area (Å²) in [5, 5.41) is 8.55. The number of rotatable bonds is 1. The summed E-state index contributed by atoms with van der Waals surface area (Å²) in [7, 11) is 0. The first kappa shape index (κ1) is 15.4. The smallest absolute Gasteiger partial charge is 0.226 e. The van der Waals surface area contributed by atoms with Gasteiger partial charge in [-0.1, -0.05) is 29.3 Å². The Morgan fingerprint density at radius 1 is 1.27 bits per heavy atom. The van der Waals surface area contributed by atoms with Gasteiger partial charge < -0.3 is 5.32 Å². The minimum Gasteiger partial charge on any atom is -0.311 e. The van der Waals surface area contributed by atoms with Gasteiger partial charge in [0.25, 0.3) is 0 Å². The van der Waals surface area contributed by atoms with E-state index in [-0.39, 0.29) is 17.4 Å². The first-order chi connectivity index (χ1) is 10.3. The lowest BCUT2D eigenvalue weighted by atomic mass is 9.87. The standard InChI is InChI=1S/C16H17Cl2N3O/c1-16(2,3)21-15-12(8-19-21)11(7-14(22)20-15)10-5-4-9(17)6-13(10)18/h4-6,8,11H,7H2,1-3H3,(H,20,22). The third-order valence-corrected chi connectivity index (χ3v) is 4.36. The van der Waals surface area contributed by atoms with Gasteiger partial charge in [-0.2, -0.15) is 5.10 Å². The van der Waals surface area contributed by atoms with Crippen molar-refractivity contribution >= 4 is 34.9 Å². The van der Waals surface area contributed by atoms with Crippen LogP contribution in [0.15, 0.2) is 24.4 Å². The minimum atomic E-state index is -0.216. The maximum atomic E-state index is 12.1. The summed E-state index contributed by atoms with van der Waals surface area (Å²) < 4.78 is 1.84. The van der Waals surface area contributed by atoms with E-state index in [0.29, 0.717) is 16.5 Å². The molecule has 1 aromatic carbocycles. The number of benzene rings is 1. The van der Waals surface area contributed by atoms with Crippen molar-refractivity contribution in [2.75, 3.05) is 5.32 Å². The summed E-state index contributed by atoms with van der Waals surface area (Å²) in [6.45, 7) is 6.14. The molecule has 1 aliphatic heterocycles. The summed E-state index contributed by atoms with van der Waals surface area (Å²) in [4.78, 5) is 12.1. The number of nitrogens with one attached hydrogen (secondary N) is 1. The number of hydrogen-bond acceptors (Lipinski definition) is 2. The van der Waals surface area contributed by atoms with Crippen LogP contribution in [0.3, 0.4) is 0 Å². The minimum absolute atomic E-state index is 0.0329. The zero-order valence-corrected chi connectivity index (χ0v) is 14.2. The Morgan fingerprint density at radius 3 is 2.64 bits per heavy atom. The van der Waals surface area contributed by atoms with E-state index in [4.69, 9.17) is 23.2 Å². The van der Waals surface area contributed by atoms with Crippen molar-refractivity contribution in [1.29, 1.82) is 0 Å². The highest BCUT2D eigenvalue weighted by molar-refractivity contribution is 6.35. The number of carbonyl (C=O) groups is 1. The van der Waals surface area contributed by atoms with E-state index in [2.05, 4.69) is 10.4 Å². The Bertz CT molecular complexity index is 746. The molecule has 0 fully saturated rings. The number of amides is 1. The molecule has 0 saturated carbocycles. The molecule has 2 aromatic rings. The Balaban J connectivity index is 2.13. The largest absolute Gasteiger partial charge is 0.311 e. The SMILES string of the molecule is CC(C)(C)n1ncc2c1NC(=O)CC2c1ccc(Cl)cc1Cl. The molecule has 0 aliphatic carbocycles. The highest BCUT2D eigenvalue weighted by atomic mass is 35.5. The second-order valence-corrected chi connectivity index (χ2v) is 7.35. The second kappa shape index (κ2) is 5.28. The van der Waals surface area contributed by atoms with Gasteiger partial charge in [-0.15, -0.1) is 0 Å². The molecule has 4 nitrogen and oxygen atoms in total. The number of anilines is 1. The lowest BCUT2D eigenvalue weighted by Crippen LogP contribution is -2.30. The summed E-state index contributed by atoms with van der Waals surface area (Å²) in [5.41, 5.74) is 1.67. The van der Waals surface area contributed by atoms with Gasteiger partial charge in [0.05, 0.1) is 11.7 Å². The van der Waals surface area contributed by atoms with Crippen molar-refractivity contribution in [3.8, 4) is 0 Å². The molecule has 0 bridgehead atoms. The highest BCUT2D eigenvalue weighted by Gasteiger charge is 2.33. The van der Waals surface area contributed by atoms with Crippen LogP contribution in [0.25, 0.3) is 0 Å². The number of halogens is 2. The van der Waals surface area contributed by atoms with E-state index in [1.54, 1.807) is 12.1 Å². The molecule has 0 saturated heterocycles. The van der Waals surface area contributed by atoms with Crippen LogP contribution in [0, 0.1) is 0 Å². The van der Waals surface area contributed by atoms with Crippen LogP contribution in [0.2, 0.25) is 10.0 Å². The van der Waals surface area contributed by atoms with Gasteiger partial charge >= 0.3 is 0 Å². The normalized spacial score (nSPS) is 18.0. The first-order valence-corrected chi connectivity index (χ1v) is 7.86. The highest BCUT2D eigenvalue weighted by Crippen LogP contribution is 2.41. The third kappa shape index (κ3) is 2.61. The fourth-order valence-electron chi connectivity index (χ4n) is 2.79. The van der Waals surface area contributed by atoms with Crippen LogP contribution < -0.4 is 5.32 Å². The van der Waals surface area contributed by atoms with Crippen LogP contribution >= 0.6 is 23.2 Å². The van der Waals surface area contributed by atoms with Gasteiger partial charge in [0, 0.05) is 27.9 Å². The molecule has 116 valence electrons. The van der Waals surface area contributed by atoms with Crippen molar-refractivity contribution in [1.82, 2.24) is 9.78 Å². The summed E-state index contributed by atoms with van der Waals surface area (Å²) in [6.07, 6.45) is 2.17. The first-order valence-electron chi connectivity index (χ1n) is 7.10. The topological polar surface area (TPSA) is 46.9 Å². The van der Waals surface area contributed by atoms with Gasteiger partial charge in [0.15, 0.2) is 0 Å². The Hall–Kier alpha value is -1.52. The van der Waals surface area contributed by atoms with E-state index in [1.165, 1.54) is 0 Å². The Labute approximate surface area is 139 Å². The molecule has 0 radical (unpaired) electrons. The Kier molecular flexibility index (Phi) is 3.69. The molecule has 1 atom stereocenters. The molecule has 1 amide bonds. The monoisotopic (exact) mass is 337 g/mol. The third-order valence-electron chi connectivity index (χ3n) is 3.79. The van der Waals surface area contributed by atoms with Gasteiger partial charge in [-0.05, 0) is 38.5 Å². The van der Waals surface area contributed by atoms with Gasteiger partial charge in [-0.25, -0.2) is 4.68 Å². The van der Waals surface area contributed by atoms with Crippen molar-refractivity contribution in [3.63, 3.8) is 0 Å². The van der Waals surface area contributed by atoms with Gasteiger partial charge in [0.2, 0.25) is 5.91 Å². The maximum Gasteiger partial charge on any atom is 0.226 e. The zero-order valence-electron chi connectivity index (χ0n) is 12.7. The maximum absolute atomic E-state index is 12.1. The van der Waals surface area contributed by atoms with Crippen molar-refractivity contribution in [2.24, 2.45) is 0 Å². The molecule has 1 aliphatic rings. The molecule has 6 heteroatoms. The van der Waals surface area contributed by atoms with E-state index in [9.17, 15) is 4.79 Å². The van der Waals surface area contributed by atoms with Crippen LogP contribution in [-0.4, -0.2) is 15.7 Å². The van der Waals surface area contributed by atoms with Gasteiger partial charge in [-0.3, -0.25) is 4.79 Å². The number of carbonyl (C=O) groups excluding carboxylic acids is 1. The molecule has 1 unspecified atom stereocenters. The number of aromatic nitrogens is 2. The van der Waals surface area contributed by atoms with Crippen molar-refractivity contribution in [2.45, 2.75) is 38.6 Å². The fraction of sp³-hybridized carbons (Fsp3) is 0.375. The van der Waals surface area contributed by atoms with Crippen molar-refractivity contribution in [3.05, 3.63) is 45.6 Å². The molecule has 0 spiro atoms. The number of hydrogen-bond donors (Lipinski definition) is 1. The lowest BCUT2D eigenvalue weighted by Gasteiger charge is -2.28. The molecule has 3 rings (SSSR count). The average molecular weight is 338 g/mol. The number of fused-ring (bicyclic) bond motifs is 1. The molecule has 1 aromatic heterocycles. The predicted molar refractivity (Wildman–Crippen MR) is 88.8 cm³/mol. The summed E-state index contributed by atoms with van der Waals surface area (Å²) >= 11 is 12.3. The molecular weight excluding hydrogens is 321 g/mol. The van der Waals surface area contributed by atoms with Crippen molar-refractivity contribution < 1.29 is 4.79 Å². The zero-order chi connectivity index (χ0) is 16.1. The second-order valence-electron chi connectivity index (χ2n) is 6.50. The lowest BCUT2D eigenvalue weighted by molar-refractivity contribution is -0.116.